The van der Waals surface area contributed by atoms with Gasteiger partial charge in [0.15, 0.2) is 0 Å². The molecule has 0 aliphatic heterocycles. The number of carboxylic acid groups (broad SMARTS) is 1. The third kappa shape index (κ3) is 2.03. The lowest BCUT2D eigenvalue weighted by Crippen LogP contribution is -1.99. The van der Waals surface area contributed by atoms with Crippen LogP contribution in [0.4, 0.5) is 4.39 Å². The van der Waals surface area contributed by atoms with Gasteiger partial charge in [-0.3, -0.25) is 0 Å². The van der Waals surface area contributed by atoms with Crippen molar-refractivity contribution < 1.29 is 14.3 Å². The topological polar surface area (TPSA) is 66.0 Å². The molecule has 1 aromatic heterocycles. The number of hydrogen-bond acceptors (Lipinski definition) is 2. The average molecular weight is 270 g/mol. The Kier molecular flexibility index (Phi) is 2.75. The highest BCUT2D eigenvalue weighted by Crippen LogP contribution is 2.23. The maximum absolute atomic E-state index is 13.6. The van der Waals surface area contributed by atoms with Crippen LogP contribution < -0.4 is 0 Å². The van der Waals surface area contributed by atoms with E-state index in [9.17, 15) is 9.18 Å². The minimum atomic E-state index is -1.30. The van der Waals surface area contributed by atoms with E-state index >= 15 is 0 Å². The second-order valence-corrected chi connectivity index (χ2v) is 4.61. The highest BCUT2D eigenvalue weighted by atomic mass is 19.1. The summed E-state index contributed by atoms with van der Waals surface area (Å²) >= 11 is 0. The molecule has 4 nitrogen and oxygen atoms in total. The fourth-order valence-electron chi connectivity index (χ4n) is 2.12. The number of aromatic carboxylic acids is 1. The third-order valence-electron chi connectivity index (χ3n) is 3.09. The van der Waals surface area contributed by atoms with E-state index in [0.29, 0.717) is 16.9 Å². The molecule has 0 bridgehead atoms. The Hall–Kier alpha value is -2.69. The van der Waals surface area contributed by atoms with Gasteiger partial charge in [-0.15, -0.1) is 0 Å². The van der Waals surface area contributed by atoms with Crippen LogP contribution in [0.15, 0.2) is 36.4 Å². The summed E-state index contributed by atoms with van der Waals surface area (Å²) in [7, 11) is 0. The smallest absolute Gasteiger partial charge is 0.338 e. The van der Waals surface area contributed by atoms with E-state index in [1.165, 1.54) is 6.07 Å². The summed E-state index contributed by atoms with van der Waals surface area (Å²) in [5, 5.41) is 8.91. The first-order valence-corrected chi connectivity index (χ1v) is 6.04. The quantitative estimate of drug-likeness (QED) is 0.750. The van der Waals surface area contributed by atoms with Crippen LogP contribution >= 0.6 is 0 Å². The van der Waals surface area contributed by atoms with Crippen LogP contribution in [0.5, 0.6) is 0 Å². The molecule has 0 saturated carbocycles. The van der Waals surface area contributed by atoms with E-state index in [0.717, 1.165) is 17.2 Å². The lowest BCUT2D eigenvalue weighted by molar-refractivity contribution is 0.0692. The summed E-state index contributed by atoms with van der Waals surface area (Å²) in [6.45, 7) is 1.97. The molecule has 3 rings (SSSR count). The van der Waals surface area contributed by atoms with Crippen LogP contribution in [-0.4, -0.2) is 21.0 Å². The van der Waals surface area contributed by atoms with Crippen molar-refractivity contribution in [2.24, 2.45) is 0 Å². The number of carbonyl (C=O) groups is 1. The molecule has 0 spiro atoms. The van der Waals surface area contributed by atoms with Crippen molar-refractivity contribution in [3.05, 3.63) is 53.3 Å². The average Bonchev–Trinajstić information content (AvgIpc) is 2.80. The minimum absolute atomic E-state index is 0.375. The Morgan fingerprint density at radius 2 is 2.10 bits per heavy atom. The number of aromatic nitrogens is 2. The maximum Gasteiger partial charge on any atom is 0.338 e. The molecule has 1 heterocycles. The monoisotopic (exact) mass is 270 g/mol. The molecule has 0 saturated heterocycles. The molecule has 20 heavy (non-hydrogen) atoms. The van der Waals surface area contributed by atoms with Crippen LogP contribution in [0, 0.1) is 12.7 Å². The van der Waals surface area contributed by atoms with Crippen molar-refractivity contribution in [3.63, 3.8) is 0 Å². The SMILES string of the molecule is Cc1cccc(-c2nc3cc(C(=O)O)c(F)cc3[nH]2)c1. The first-order chi connectivity index (χ1) is 9.54. The summed E-state index contributed by atoms with van der Waals surface area (Å²) in [6.07, 6.45) is 0. The summed E-state index contributed by atoms with van der Waals surface area (Å²) in [5.74, 6) is -1.49. The second kappa shape index (κ2) is 4.45. The maximum atomic E-state index is 13.6. The zero-order valence-electron chi connectivity index (χ0n) is 10.6. The molecule has 5 heteroatoms. The summed E-state index contributed by atoms with van der Waals surface area (Å²) < 4.78 is 13.6. The number of carboxylic acids is 1. The molecule has 0 amide bonds. The summed E-state index contributed by atoms with van der Waals surface area (Å²) in [5.41, 5.74) is 2.49. The van der Waals surface area contributed by atoms with E-state index in [1.54, 1.807) is 0 Å². The number of fused-ring (bicyclic) bond motifs is 1. The number of halogens is 1. The molecule has 2 N–H and O–H groups in total. The van der Waals surface area contributed by atoms with Crippen molar-refractivity contribution in [1.82, 2.24) is 9.97 Å². The molecule has 0 fully saturated rings. The highest BCUT2D eigenvalue weighted by Gasteiger charge is 2.14. The van der Waals surface area contributed by atoms with Gasteiger partial charge < -0.3 is 10.1 Å². The lowest BCUT2D eigenvalue weighted by atomic mass is 10.1. The van der Waals surface area contributed by atoms with Crippen molar-refractivity contribution in [3.8, 4) is 11.4 Å². The van der Waals surface area contributed by atoms with Gasteiger partial charge in [0, 0.05) is 11.6 Å². The van der Waals surface area contributed by atoms with Gasteiger partial charge in [0.2, 0.25) is 0 Å². The number of nitrogens with one attached hydrogen (secondary N) is 1. The molecule has 0 aliphatic carbocycles. The molecule has 0 radical (unpaired) electrons. The molecular weight excluding hydrogens is 259 g/mol. The fourth-order valence-corrected chi connectivity index (χ4v) is 2.12. The highest BCUT2D eigenvalue weighted by molar-refractivity contribution is 5.93. The third-order valence-corrected chi connectivity index (χ3v) is 3.09. The van der Waals surface area contributed by atoms with Crippen LogP contribution in [0.3, 0.4) is 0 Å². The Morgan fingerprint density at radius 3 is 2.80 bits per heavy atom. The van der Waals surface area contributed by atoms with Crippen LogP contribution in [0.1, 0.15) is 15.9 Å². The van der Waals surface area contributed by atoms with Crippen molar-refractivity contribution in [2.75, 3.05) is 0 Å². The number of H-pyrrole nitrogens is 1. The number of hydrogen-bond donors (Lipinski definition) is 2. The van der Waals surface area contributed by atoms with E-state index in [1.807, 2.05) is 31.2 Å². The van der Waals surface area contributed by atoms with E-state index < -0.39 is 11.8 Å². The number of aromatic amines is 1. The van der Waals surface area contributed by atoms with Crippen LogP contribution in [0.25, 0.3) is 22.4 Å². The van der Waals surface area contributed by atoms with Crippen molar-refractivity contribution >= 4 is 17.0 Å². The summed E-state index contributed by atoms with van der Waals surface area (Å²) in [4.78, 5) is 18.2. The Morgan fingerprint density at radius 1 is 1.30 bits per heavy atom. The molecule has 0 aliphatic rings. The molecule has 100 valence electrons. The van der Waals surface area contributed by atoms with E-state index in [-0.39, 0.29) is 5.56 Å². The molecule has 0 unspecified atom stereocenters. The number of rotatable bonds is 2. The molecular formula is C15H11FN2O2. The lowest BCUT2D eigenvalue weighted by Gasteiger charge is -1.97. The molecule has 0 atom stereocenters. The number of aryl methyl sites for hydroxylation is 1. The fraction of sp³-hybridized carbons (Fsp3) is 0.0667. The van der Waals surface area contributed by atoms with Gasteiger partial charge in [-0.25, -0.2) is 14.2 Å². The van der Waals surface area contributed by atoms with Gasteiger partial charge >= 0.3 is 5.97 Å². The minimum Gasteiger partial charge on any atom is -0.478 e. The zero-order chi connectivity index (χ0) is 14.3. The number of imidazole rings is 1. The Balaban J connectivity index is 2.18. The van der Waals surface area contributed by atoms with Gasteiger partial charge in [0.25, 0.3) is 0 Å². The van der Waals surface area contributed by atoms with Gasteiger partial charge in [-0.05, 0) is 19.1 Å². The van der Waals surface area contributed by atoms with E-state index in [2.05, 4.69) is 9.97 Å². The second-order valence-electron chi connectivity index (χ2n) is 4.61. The number of benzene rings is 2. The first-order valence-electron chi connectivity index (χ1n) is 6.04. The van der Waals surface area contributed by atoms with E-state index in [4.69, 9.17) is 5.11 Å². The van der Waals surface area contributed by atoms with Crippen LogP contribution in [-0.2, 0) is 0 Å². The van der Waals surface area contributed by atoms with Gasteiger partial charge in [0.05, 0.1) is 16.6 Å². The summed E-state index contributed by atoms with van der Waals surface area (Å²) in [6, 6.07) is 10.1. The van der Waals surface area contributed by atoms with Crippen molar-refractivity contribution in [2.45, 2.75) is 6.92 Å². The van der Waals surface area contributed by atoms with Crippen molar-refractivity contribution in [1.29, 1.82) is 0 Å². The standard InChI is InChI=1S/C15H11FN2O2/c1-8-3-2-4-9(5-8)14-17-12-6-10(15(19)20)11(16)7-13(12)18-14/h2-7H,1H3,(H,17,18)(H,19,20). The Bertz CT molecular complexity index is 824. The molecule has 3 aromatic rings. The number of nitrogens with zero attached hydrogens (tertiary/aromatic N) is 1. The molecule has 2 aromatic carbocycles. The predicted octanol–water partition coefficient (Wildman–Crippen LogP) is 3.38. The Labute approximate surface area is 113 Å². The normalized spacial score (nSPS) is 10.9. The van der Waals surface area contributed by atoms with Gasteiger partial charge in [0.1, 0.15) is 11.6 Å². The van der Waals surface area contributed by atoms with Crippen LogP contribution in [0.2, 0.25) is 0 Å². The first kappa shape index (κ1) is 12.3. The van der Waals surface area contributed by atoms with Gasteiger partial charge in [-0.2, -0.15) is 0 Å². The predicted molar refractivity (Wildman–Crippen MR) is 73.2 cm³/mol. The van der Waals surface area contributed by atoms with Gasteiger partial charge in [-0.1, -0.05) is 23.8 Å². The zero-order valence-corrected chi connectivity index (χ0v) is 10.6. The largest absolute Gasteiger partial charge is 0.478 e.